The molecule has 15 rings (SSSR count). The third kappa shape index (κ3) is 16.3. The van der Waals surface area contributed by atoms with Crippen LogP contribution in [0.2, 0.25) is 30.1 Å². The minimum Gasteiger partial charge on any atom is -0.444 e. The van der Waals surface area contributed by atoms with Crippen LogP contribution in [0.1, 0.15) is 85.5 Å². The molecule has 27 heteroatoms. The molecule has 0 radical (unpaired) electrons. The van der Waals surface area contributed by atoms with Crippen molar-refractivity contribution in [2.75, 3.05) is 48.7 Å². The number of nitrogens with zero attached hydrogens (tertiary/aromatic N) is 14. The molecule has 8 heterocycles. The first-order valence-electron chi connectivity index (χ1n) is 34.0. The van der Waals surface area contributed by atoms with Crippen molar-refractivity contribution in [1.82, 2.24) is 73.7 Å². The Morgan fingerprint density at radius 3 is 1.08 bits per heavy atom. The summed E-state index contributed by atoms with van der Waals surface area (Å²) in [5.74, 6) is 4.13. The van der Waals surface area contributed by atoms with Crippen molar-refractivity contribution in [3.05, 3.63) is 195 Å². The van der Waals surface area contributed by atoms with Crippen LogP contribution in [0.25, 0.3) is 84.7 Å². The van der Waals surface area contributed by atoms with Gasteiger partial charge in [0, 0.05) is 99.7 Å². The topological polar surface area (TPSA) is 229 Å². The molecule has 3 amide bonds. The summed E-state index contributed by atoms with van der Waals surface area (Å²) in [5.41, 5.74) is 8.65. The summed E-state index contributed by atoms with van der Waals surface area (Å²) in [4.78, 5) is 70.4. The van der Waals surface area contributed by atoms with E-state index in [1.54, 1.807) is 17.6 Å². The number of aromatic nitrogens is 12. The molecule has 21 nitrogen and oxygen atoms in total. The van der Waals surface area contributed by atoms with Gasteiger partial charge in [-0.25, -0.2) is 54.4 Å². The van der Waals surface area contributed by atoms with Gasteiger partial charge in [0.15, 0.2) is 50.9 Å². The number of rotatable bonds is 13. The van der Waals surface area contributed by atoms with E-state index >= 15 is 0 Å². The summed E-state index contributed by atoms with van der Waals surface area (Å²) in [6.45, 7) is 10.7. The highest BCUT2D eigenvalue weighted by molar-refractivity contribution is 6.34. The van der Waals surface area contributed by atoms with Crippen LogP contribution in [0.4, 0.5) is 27.0 Å². The van der Waals surface area contributed by atoms with Gasteiger partial charge in [-0.05, 0) is 175 Å². The summed E-state index contributed by atoms with van der Waals surface area (Å²) in [6.07, 6.45) is 13.7. The maximum absolute atomic E-state index is 12.4. The number of piperidine rings is 2. The van der Waals surface area contributed by atoms with Crippen molar-refractivity contribution in [3.63, 3.8) is 0 Å². The summed E-state index contributed by atoms with van der Waals surface area (Å²) >= 11 is 38.1. The predicted octanol–water partition coefficient (Wildman–Crippen LogP) is 18.5. The Kier molecular flexibility index (Phi) is 22.2. The smallest absolute Gasteiger partial charge is 0.410 e. The number of hydrogen-bond acceptors (Lipinski definition) is 15. The van der Waals surface area contributed by atoms with Gasteiger partial charge in [0.05, 0.1) is 15.1 Å². The van der Waals surface area contributed by atoms with E-state index in [1.165, 1.54) is 25.6 Å². The quantitative estimate of drug-likeness (QED) is 0.0841. The minimum atomic E-state index is -0.513. The van der Waals surface area contributed by atoms with Gasteiger partial charge < -0.3 is 35.8 Å². The largest absolute Gasteiger partial charge is 0.444 e. The van der Waals surface area contributed by atoms with E-state index in [4.69, 9.17) is 89.3 Å². The Morgan fingerprint density at radius 2 is 0.755 bits per heavy atom. The average molecular weight is 1490 g/mol. The second-order valence-electron chi connectivity index (χ2n) is 26.0. The Hall–Kier alpha value is -9.35. The van der Waals surface area contributed by atoms with Gasteiger partial charge >= 0.3 is 12.1 Å². The number of hydrogen-bond donors (Lipinski definition) is 4. The van der Waals surface area contributed by atoms with Gasteiger partial charge in [-0.15, -0.1) is 0 Å². The molecule has 12 aromatic rings. The van der Waals surface area contributed by atoms with Crippen LogP contribution in [0.15, 0.2) is 165 Å². The highest BCUT2D eigenvalue weighted by atomic mass is 35.5. The van der Waals surface area contributed by atoms with Gasteiger partial charge in [-0.1, -0.05) is 125 Å². The number of urea groups is 1. The van der Waals surface area contributed by atoms with Crippen LogP contribution in [-0.2, 0) is 4.74 Å². The van der Waals surface area contributed by atoms with Crippen LogP contribution >= 0.6 is 69.6 Å². The van der Waals surface area contributed by atoms with Crippen molar-refractivity contribution in [2.45, 2.75) is 109 Å². The fraction of sp³-hybridized carbons (Fsp3) is 0.293. The molecule has 1 aliphatic carbocycles. The number of likely N-dealkylation sites (tertiary alicyclic amines) is 2. The first kappa shape index (κ1) is 71.1. The number of carbonyl (C=O) groups excluding carboxylic acids is 2. The SMILES string of the molecule is CC(C)(C)OC(=O)N1CCC(Nc2ncnc3c2nc(-c2ccccc2Cl)n3-c2ccc(Cl)cc2)CC1.CCNC(=O)N1CCC(Nc2ncnc3c2nc(-c2ccccc2Cl)n3-c2ccc(Cl)cc2)CC1.Clc1ccc(-n2c(-c3ccccc3Cl)nc3c(NC4CCCCC4)ncnc32)cc1. The first-order valence-corrected chi connectivity index (χ1v) is 36.2. The number of nitrogens with one attached hydrogen (secondary N) is 4. The van der Waals surface area contributed by atoms with E-state index in [0.717, 1.165) is 95.1 Å². The molecule has 4 N–H and O–H groups in total. The fourth-order valence-electron chi connectivity index (χ4n) is 12.8. The lowest BCUT2D eigenvalue weighted by molar-refractivity contribution is 0.0210. The number of amides is 3. The second kappa shape index (κ2) is 31.9. The molecule has 6 aromatic heterocycles. The lowest BCUT2D eigenvalue weighted by Crippen LogP contribution is -2.46. The van der Waals surface area contributed by atoms with Crippen molar-refractivity contribution in [1.29, 1.82) is 0 Å². The van der Waals surface area contributed by atoms with E-state index in [0.29, 0.717) is 115 Å². The molecule has 524 valence electrons. The maximum Gasteiger partial charge on any atom is 0.410 e. The molecule has 3 aliphatic rings. The second-order valence-corrected chi connectivity index (χ2v) is 28.5. The van der Waals surface area contributed by atoms with Gasteiger partial charge in [0.25, 0.3) is 0 Å². The summed E-state index contributed by atoms with van der Waals surface area (Å²) in [7, 11) is 0. The van der Waals surface area contributed by atoms with Crippen molar-refractivity contribution < 1.29 is 14.3 Å². The van der Waals surface area contributed by atoms with E-state index in [9.17, 15) is 9.59 Å². The zero-order valence-corrected chi connectivity index (χ0v) is 61.0. The van der Waals surface area contributed by atoms with Gasteiger partial charge in [0.1, 0.15) is 42.1 Å². The molecule has 102 heavy (non-hydrogen) atoms. The van der Waals surface area contributed by atoms with Crippen LogP contribution in [0.5, 0.6) is 0 Å². The molecular formula is C75H74Cl6N18O3. The monoisotopic (exact) mass is 1480 g/mol. The van der Waals surface area contributed by atoms with Gasteiger partial charge in [-0.3, -0.25) is 13.7 Å². The van der Waals surface area contributed by atoms with E-state index in [-0.39, 0.29) is 24.2 Å². The van der Waals surface area contributed by atoms with E-state index in [1.807, 2.05) is 192 Å². The van der Waals surface area contributed by atoms with Gasteiger partial charge in [0.2, 0.25) is 0 Å². The molecule has 0 spiro atoms. The molecule has 0 bridgehead atoms. The summed E-state index contributed by atoms with van der Waals surface area (Å²) < 4.78 is 11.5. The molecule has 2 aliphatic heterocycles. The maximum atomic E-state index is 12.4. The number of imidazole rings is 3. The summed E-state index contributed by atoms with van der Waals surface area (Å²) in [5, 5.41) is 17.3. The predicted molar refractivity (Wildman–Crippen MR) is 409 cm³/mol. The standard InChI is InChI=1S/C27H28Cl2N6O2.C25H25Cl2N7O.C23H21Cl2N5/c1-27(2,3)37-26(36)34-14-12-18(13-15-34)32-23-22-25(31-16-30-23)35(19-10-8-17(28)9-11-19)24(33-22)20-6-4-5-7-21(20)29;1-2-28-25(35)33-13-11-17(12-14-33)31-22-21-24(30-15-29-22)34(18-9-7-16(26)8-10-18)23(32-21)19-5-3-4-6-20(19)27;24-15-10-12-17(13-11-15)30-22(18-8-4-5-9-19(18)25)29-20-21(26-14-27-23(20)30)28-16-6-2-1-3-7-16/h4-11,16,18H,12-15H2,1-3H3,(H,30,31,32);3-10,15,17H,2,11-14H2,1H3,(H,28,35)(H,29,30,31);4-5,8-14,16H,1-3,6-7H2,(H,26,27,28). The third-order valence-electron chi connectivity index (χ3n) is 17.8. The molecule has 3 fully saturated rings. The zero-order chi connectivity index (χ0) is 71.0. The number of carbonyl (C=O) groups is 2. The Labute approximate surface area is 620 Å². The highest BCUT2D eigenvalue weighted by Crippen LogP contribution is 2.39. The zero-order valence-electron chi connectivity index (χ0n) is 56.5. The first-order chi connectivity index (χ1) is 49.4. The molecule has 6 aromatic carbocycles. The van der Waals surface area contributed by atoms with Crippen molar-refractivity contribution >= 4 is 133 Å². The van der Waals surface area contributed by atoms with Crippen LogP contribution in [0, 0.1) is 0 Å². The van der Waals surface area contributed by atoms with Crippen molar-refractivity contribution in [2.24, 2.45) is 0 Å². The minimum absolute atomic E-state index is 0.0125. The van der Waals surface area contributed by atoms with Crippen LogP contribution < -0.4 is 21.3 Å². The lowest BCUT2D eigenvalue weighted by atomic mass is 9.95. The number of anilines is 3. The van der Waals surface area contributed by atoms with Gasteiger partial charge in [-0.2, -0.15) is 0 Å². The molecule has 2 saturated heterocycles. The third-order valence-corrected chi connectivity index (χ3v) is 19.6. The fourth-order valence-corrected chi connectivity index (χ4v) is 13.9. The highest BCUT2D eigenvalue weighted by Gasteiger charge is 2.31. The van der Waals surface area contributed by atoms with E-state index < -0.39 is 5.60 Å². The lowest BCUT2D eigenvalue weighted by Gasteiger charge is -2.33. The number of fused-ring (bicyclic) bond motifs is 3. The molecular weight excluding hydrogens is 1410 g/mol. The Bertz CT molecular complexity index is 4930. The molecule has 0 unspecified atom stereocenters. The van der Waals surface area contributed by atoms with Crippen LogP contribution in [0.3, 0.4) is 0 Å². The van der Waals surface area contributed by atoms with E-state index in [2.05, 4.69) is 51.2 Å². The number of benzene rings is 6. The molecule has 0 atom stereocenters. The molecule has 1 saturated carbocycles. The summed E-state index contributed by atoms with van der Waals surface area (Å²) in [6, 6.07) is 46.3. The number of ether oxygens (including phenoxy) is 1. The average Bonchev–Trinajstić information content (AvgIpc) is 1.62. The Morgan fingerprint density at radius 1 is 0.431 bits per heavy atom. The van der Waals surface area contributed by atoms with Crippen molar-refractivity contribution in [3.8, 4) is 51.2 Å². The normalized spacial score (nSPS) is 14.6. The Balaban J connectivity index is 0.000000137. The number of halogens is 6. The van der Waals surface area contributed by atoms with Crippen LogP contribution in [-0.4, -0.2) is 137 Å².